The lowest BCUT2D eigenvalue weighted by Gasteiger charge is -2.29. The van der Waals surface area contributed by atoms with Crippen LogP contribution >= 0.6 is 0 Å². The second-order valence-electron chi connectivity index (χ2n) is 5.57. The molecular weight excluding hydrogens is 250 g/mol. The molecule has 1 fully saturated rings. The van der Waals surface area contributed by atoms with E-state index in [1.807, 2.05) is 19.1 Å². The molecule has 0 radical (unpaired) electrons. The number of aromatic nitrogens is 1. The molecular formula is C16H25N3O. The van der Waals surface area contributed by atoms with Gasteiger partial charge in [-0.15, -0.1) is 0 Å². The number of carbonyl (C=O) groups excluding carboxylic acids is 1. The highest BCUT2D eigenvalue weighted by Crippen LogP contribution is 2.26. The Balaban J connectivity index is 1.95. The molecule has 0 saturated heterocycles. The molecule has 1 heterocycles. The summed E-state index contributed by atoms with van der Waals surface area (Å²) in [7, 11) is 0. The van der Waals surface area contributed by atoms with Gasteiger partial charge in [0, 0.05) is 24.5 Å². The summed E-state index contributed by atoms with van der Waals surface area (Å²) in [4.78, 5) is 16.4. The van der Waals surface area contributed by atoms with Crippen LogP contribution in [0.1, 0.15) is 56.4 Å². The lowest BCUT2D eigenvalue weighted by atomic mass is 9.84. The fraction of sp³-hybridized carbons (Fsp3) is 0.625. The zero-order valence-electron chi connectivity index (χ0n) is 12.5. The van der Waals surface area contributed by atoms with Gasteiger partial charge in [0.15, 0.2) is 0 Å². The minimum atomic E-state index is -0.0495. The Labute approximate surface area is 121 Å². The largest absolute Gasteiger partial charge is 0.385 e. The van der Waals surface area contributed by atoms with Crippen LogP contribution in [-0.2, 0) is 0 Å². The van der Waals surface area contributed by atoms with Crippen LogP contribution in [0.3, 0.4) is 0 Å². The van der Waals surface area contributed by atoms with Crippen LogP contribution in [0, 0.1) is 5.92 Å². The van der Waals surface area contributed by atoms with E-state index in [4.69, 9.17) is 0 Å². The molecule has 1 aromatic rings. The molecule has 1 aliphatic carbocycles. The normalized spacial score (nSPS) is 22.3. The minimum Gasteiger partial charge on any atom is -0.385 e. The van der Waals surface area contributed by atoms with Gasteiger partial charge in [-0.1, -0.05) is 26.2 Å². The second kappa shape index (κ2) is 7.27. The molecule has 1 amide bonds. The van der Waals surface area contributed by atoms with Gasteiger partial charge in [-0.2, -0.15) is 0 Å². The summed E-state index contributed by atoms with van der Waals surface area (Å²) in [5, 5.41) is 6.34. The summed E-state index contributed by atoms with van der Waals surface area (Å²) in [6, 6.07) is 4.01. The highest BCUT2D eigenvalue weighted by Gasteiger charge is 2.22. The zero-order valence-corrected chi connectivity index (χ0v) is 12.5. The van der Waals surface area contributed by atoms with Gasteiger partial charge in [-0.25, -0.2) is 0 Å². The van der Waals surface area contributed by atoms with Crippen LogP contribution in [0.5, 0.6) is 0 Å². The fourth-order valence-electron chi connectivity index (χ4n) is 2.92. The SMILES string of the molecule is CCNc1ccnc(C(=O)NC2CCCC(CC)C2)c1. The summed E-state index contributed by atoms with van der Waals surface area (Å²) in [5.41, 5.74) is 1.45. The zero-order chi connectivity index (χ0) is 14.4. The van der Waals surface area contributed by atoms with Crippen molar-refractivity contribution in [1.82, 2.24) is 10.3 Å². The lowest BCUT2D eigenvalue weighted by molar-refractivity contribution is 0.0914. The first-order valence-corrected chi connectivity index (χ1v) is 7.73. The van der Waals surface area contributed by atoms with Gasteiger partial charge in [0.1, 0.15) is 5.69 Å². The molecule has 2 rings (SSSR count). The van der Waals surface area contributed by atoms with Crippen molar-refractivity contribution < 1.29 is 4.79 Å². The summed E-state index contributed by atoms with van der Waals surface area (Å²) in [6.45, 7) is 5.11. The topological polar surface area (TPSA) is 54.0 Å². The maximum Gasteiger partial charge on any atom is 0.270 e. The fourth-order valence-corrected chi connectivity index (χ4v) is 2.92. The number of hydrogen-bond donors (Lipinski definition) is 2. The molecule has 2 atom stereocenters. The summed E-state index contributed by atoms with van der Waals surface area (Å²) in [5.74, 6) is 0.710. The maximum atomic E-state index is 12.3. The molecule has 0 spiro atoms. The van der Waals surface area contributed by atoms with Crippen molar-refractivity contribution in [1.29, 1.82) is 0 Å². The number of nitrogens with one attached hydrogen (secondary N) is 2. The van der Waals surface area contributed by atoms with Crippen molar-refractivity contribution in [2.24, 2.45) is 5.92 Å². The van der Waals surface area contributed by atoms with Gasteiger partial charge in [-0.3, -0.25) is 9.78 Å². The van der Waals surface area contributed by atoms with Gasteiger partial charge in [-0.05, 0) is 37.8 Å². The van der Waals surface area contributed by atoms with Crippen LogP contribution < -0.4 is 10.6 Å². The first-order chi connectivity index (χ1) is 9.72. The van der Waals surface area contributed by atoms with E-state index in [2.05, 4.69) is 22.5 Å². The van der Waals surface area contributed by atoms with Gasteiger partial charge < -0.3 is 10.6 Å². The van der Waals surface area contributed by atoms with Crippen LogP contribution in [0.25, 0.3) is 0 Å². The van der Waals surface area contributed by atoms with E-state index in [-0.39, 0.29) is 5.91 Å². The Morgan fingerprint density at radius 2 is 2.25 bits per heavy atom. The van der Waals surface area contributed by atoms with Gasteiger partial charge in [0.2, 0.25) is 0 Å². The molecule has 0 aliphatic heterocycles. The van der Waals surface area contributed by atoms with Crippen LogP contribution in [-0.4, -0.2) is 23.5 Å². The third-order valence-electron chi connectivity index (χ3n) is 4.07. The molecule has 4 nitrogen and oxygen atoms in total. The lowest BCUT2D eigenvalue weighted by Crippen LogP contribution is -2.38. The van der Waals surface area contributed by atoms with Gasteiger partial charge >= 0.3 is 0 Å². The number of nitrogens with zero attached hydrogens (tertiary/aromatic N) is 1. The number of rotatable bonds is 5. The quantitative estimate of drug-likeness (QED) is 0.867. The van der Waals surface area contributed by atoms with Crippen LogP contribution in [0.15, 0.2) is 18.3 Å². The van der Waals surface area contributed by atoms with Crippen molar-refractivity contribution in [3.05, 3.63) is 24.0 Å². The van der Waals surface area contributed by atoms with E-state index in [9.17, 15) is 4.79 Å². The Hall–Kier alpha value is -1.58. The van der Waals surface area contributed by atoms with Crippen LogP contribution in [0.4, 0.5) is 5.69 Å². The minimum absolute atomic E-state index is 0.0495. The third kappa shape index (κ3) is 3.95. The van der Waals surface area contributed by atoms with E-state index in [0.717, 1.165) is 31.0 Å². The predicted octanol–water partition coefficient (Wildman–Crippen LogP) is 3.21. The second-order valence-corrected chi connectivity index (χ2v) is 5.57. The molecule has 0 aromatic carbocycles. The first-order valence-electron chi connectivity index (χ1n) is 7.73. The average molecular weight is 275 g/mol. The van der Waals surface area contributed by atoms with Crippen LogP contribution in [0.2, 0.25) is 0 Å². The molecule has 1 saturated carbocycles. The Bertz CT molecular complexity index is 447. The van der Waals surface area contributed by atoms with E-state index in [1.54, 1.807) is 6.20 Å². The highest BCUT2D eigenvalue weighted by atomic mass is 16.1. The van der Waals surface area contributed by atoms with E-state index in [1.165, 1.54) is 19.3 Å². The van der Waals surface area contributed by atoms with E-state index < -0.39 is 0 Å². The van der Waals surface area contributed by atoms with Crippen molar-refractivity contribution in [3.8, 4) is 0 Å². The molecule has 20 heavy (non-hydrogen) atoms. The number of hydrogen-bond acceptors (Lipinski definition) is 3. The highest BCUT2D eigenvalue weighted by molar-refractivity contribution is 5.93. The summed E-state index contributed by atoms with van der Waals surface area (Å²) < 4.78 is 0. The third-order valence-corrected chi connectivity index (χ3v) is 4.07. The number of pyridine rings is 1. The Kier molecular flexibility index (Phi) is 5.39. The number of carbonyl (C=O) groups is 1. The monoisotopic (exact) mass is 275 g/mol. The number of anilines is 1. The molecule has 4 heteroatoms. The molecule has 110 valence electrons. The molecule has 0 bridgehead atoms. The van der Waals surface area contributed by atoms with Gasteiger partial charge in [0.25, 0.3) is 5.91 Å². The van der Waals surface area contributed by atoms with E-state index >= 15 is 0 Å². The summed E-state index contributed by atoms with van der Waals surface area (Å²) >= 11 is 0. The van der Waals surface area contributed by atoms with Crippen molar-refractivity contribution in [2.75, 3.05) is 11.9 Å². The van der Waals surface area contributed by atoms with Gasteiger partial charge in [0.05, 0.1) is 0 Å². The number of amides is 1. The average Bonchev–Trinajstić information content (AvgIpc) is 2.48. The smallest absolute Gasteiger partial charge is 0.270 e. The molecule has 2 N–H and O–H groups in total. The van der Waals surface area contributed by atoms with Crippen molar-refractivity contribution in [2.45, 2.75) is 52.0 Å². The van der Waals surface area contributed by atoms with E-state index in [0.29, 0.717) is 11.7 Å². The molecule has 1 aliphatic rings. The van der Waals surface area contributed by atoms with Crippen molar-refractivity contribution in [3.63, 3.8) is 0 Å². The van der Waals surface area contributed by atoms with Crippen molar-refractivity contribution >= 4 is 11.6 Å². The molecule has 2 unspecified atom stereocenters. The Morgan fingerprint density at radius 1 is 1.40 bits per heavy atom. The Morgan fingerprint density at radius 3 is 3.00 bits per heavy atom. The summed E-state index contributed by atoms with van der Waals surface area (Å²) in [6.07, 6.45) is 7.61. The maximum absolute atomic E-state index is 12.3. The predicted molar refractivity (Wildman–Crippen MR) is 81.9 cm³/mol. The first kappa shape index (κ1) is 14.8. The standard InChI is InChI=1S/C16H25N3O/c1-3-12-6-5-7-14(10-12)19-16(20)15-11-13(17-4-2)8-9-18-15/h8-9,11-12,14H,3-7,10H2,1-2H3,(H,17,18)(H,19,20). The molecule has 1 aromatic heterocycles.